The van der Waals surface area contributed by atoms with Crippen molar-refractivity contribution in [1.82, 2.24) is 5.32 Å². The predicted octanol–water partition coefficient (Wildman–Crippen LogP) is -0.938. The van der Waals surface area contributed by atoms with Crippen molar-refractivity contribution in [3.8, 4) is 0 Å². The summed E-state index contributed by atoms with van der Waals surface area (Å²) in [6.45, 7) is 3.26. The minimum absolute atomic E-state index is 0.170. The molecule has 7 nitrogen and oxygen atoms in total. The summed E-state index contributed by atoms with van der Waals surface area (Å²) >= 11 is 0. The van der Waals surface area contributed by atoms with Crippen molar-refractivity contribution >= 4 is 21.6 Å². The van der Waals surface area contributed by atoms with Gasteiger partial charge >= 0.3 is 0 Å². The number of carbonyl (C=O) groups is 1. The van der Waals surface area contributed by atoms with E-state index in [0.717, 1.165) is 6.26 Å². The smallest absolute Gasteiger partial charge is 0.235 e. The Morgan fingerprint density at radius 1 is 1.56 bits per heavy atom. The maximum atomic E-state index is 11.4. The van der Waals surface area contributed by atoms with E-state index < -0.39 is 27.0 Å². The van der Waals surface area contributed by atoms with E-state index in [1.165, 1.54) is 0 Å². The van der Waals surface area contributed by atoms with Gasteiger partial charge in [0.05, 0.1) is 5.54 Å². The molecule has 0 saturated heterocycles. The van der Waals surface area contributed by atoms with Gasteiger partial charge in [-0.2, -0.15) is 0 Å². The largest absolute Gasteiger partial charge is 0.409 e. The van der Waals surface area contributed by atoms with Gasteiger partial charge in [0.15, 0.2) is 15.7 Å². The zero-order valence-electron chi connectivity index (χ0n) is 9.52. The molecule has 0 aromatic heterocycles. The third kappa shape index (κ3) is 4.47. The Balaban J connectivity index is 4.75. The number of hydrogen-bond acceptors (Lipinski definition) is 5. The van der Waals surface area contributed by atoms with Gasteiger partial charge in [-0.1, -0.05) is 12.1 Å². The summed E-state index contributed by atoms with van der Waals surface area (Å²) in [7, 11) is -3.39. The molecule has 0 heterocycles. The average molecular weight is 251 g/mol. The van der Waals surface area contributed by atoms with E-state index >= 15 is 0 Å². The highest BCUT2D eigenvalue weighted by molar-refractivity contribution is 7.91. The second-order valence-electron chi connectivity index (χ2n) is 3.79. The lowest BCUT2D eigenvalue weighted by Crippen LogP contribution is -2.56. The Bertz CT molecular complexity index is 390. The summed E-state index contributed by atoms with van der Waals surface area (Å²) in [6.07, 6.45) is 1.33. The number of amides is 1. The molecule has 0 aliphatic rings. The summed E-state index contributed by atoms with van der Waals surface area (Å²) < 4.78 is 21.8. The van der Waals surface area contributed by atoms with Gasteiger partial charge in [0.25, 0.3) is 0 Å². The molecule has 1 atom stereocenters. The number of amidine groups is 1. The first-order valence-electron chi connectivity index (χ1n) is 4.61. The van der Waals surface area contributed by atoms with Crippen molar-refractivity contribution in [2.75, 3.05) is 12.0 Å². The molecule has 0 aliphatic heterocycles. The van der Waals surface area contributed by atoms with Crippen LogP contribution in [0.25, 0.3) is 0 Å². The van der Waals surface area contributed by atoms with Crippen LogP contribution < -0.4 is 11.1 Å². The Kier molecular flexibility index (Phi) is 4.73. The first-order valence-corrected chi connectivity index (χ1v) is 6.67. The van der Waals surface area contributed by atoms with Gasteiger partial charge in [-0.3, -0.25) is 4.79 Å². The van der Waals surface area contributed by atoms with Gasteiger partial charge in [0, 0.05) is 6.26 Å². The van der Waals surface area contributed by atoms with Crippen LogP contribution >= 0.6 is 0 Å². The molecule has 94 valence electrons. The number of rotatable bonds is 5. The predicted molar refractivity (Wildman–Crippen MR) is 60.0 cm³/mol. The van der Waals surface area contributed by atoms with Crippen LogP contribution in [0.1, 0.15) is 20.3 Å². The van der Waals surface area contributed by atoms with E-state index in [1.807, 2.05) is 0 Å². The van der Waals surface area contributed by atoms with E-state index in [9.17, 15) is 13.2 Å². The van der Waals surface area contributed by atoms with Crippen LogP contribution in [-0.4, -0.2) is 42.9 Å². The topological polar surface area (TPSA) is 122 Å². The molecule has 0 aromatic rings. The molecule has 0 bridgehead atoms. The van der Waals surface area contributed by atoms with E-state index in [1.54, 1.807) is 13.8 Å². The molecular formula is C8H17N3O4S. The molecule has 0 aromatic carbocycles. The lowest BCUT2D eigenvalue weighted by molar-refractivity contribution is -0.119. The number of carbonyl (C=O) groups excluding carboxylic acids is 1. The number of sulfone groups is 1. The minimum Gasteiger partial charge on any atom is -0.409 e. The van der Waals surface area contributed by atoms with Crippen LogP contribution in [0.4, 0.5) is 0 Å². The van der Waals surface area contributed by atoms with Crippen molar-refractivity contribution in [2.24, 2.45) is 10.9 Å². The molecule has 0 aliphatic carbocycles. The minimum atomic E-state index is -3.39. The number of nitrogens with two attached hydrogens (primary N) is 1. The van der Waals surface area contributed by atoms with Crippen LogP contribution in [0.3, 0.4) is 0 Å². The number of oxime groups is 1. The fraction of sp³-hybridized carbons (Fsp3) is 0.750. The van der Waals surface area contributed by atoms with Crippen LogP contribution in [0.2, 0.25) is 0 Å². The molecule has 4 N–H and O–H groups in total. The molecule has 0 spiro atoms. The molecule has 0 rings (SSSR count). The average Bonchev–Trinajstić information content (AvgIpc) is 2.13. The normalized spacial score (nSPS) is 16.6. The molecule has 8 heteroatoms. The van der Waals surface area contributed by atoms with Gasteiger partial charge in [0.1, 0.15) is 5.75 Å². The summed E-state index contributed by atoms with van der Waals surface area (Å²) in [4.78, 5) is 11.4. The van der Waals surface area contributed by atoms with E-state index in [4.69, 9.17) is 10.9 Å². The van der Waals surface area contributed by atoms with Crippen molar-refractivity contribution < 1.29 is 18.4 Å². The quantitative estimate of drug-likeness (QED) is 0.252. The van der Waals surface area contributed by atoms with Crippen molar-refractivity contribution in [3.63, 3.8) is 0 Å². The maximum absolute atomic E-state index is 11.4. The molecular weight excluding hydrogens is 234 g/mol. The number of nitrogens with zero attached hydrogens (tertiary/aromatic N) is 1. The summed E-state index contributed by atoms with van der Waals surface area (Å²) in [5.41, 5.74) is 4.36. The molecule has 16 heavy (non-hydrogen) atoms. The van der Waals surface area contributed by atoms with Crippen molar-refractivity contribution in [1.29, 1.82) is 0 Å². The Morgan fingerprint density at radius 3 is 2.38 bits per heavy atom. The van der Waals surface area contributed by atoms with Crippen LogP contribution in [0.15, 0.2) is 5.16 Å². The van der Waals surface area contributed by atoms with Crippen LogP contribution in [-0.2, 0) is 14.6 Å². The number of hydrogen-bond donors (Lipinski definition) is 3. The molecule has 1 amide bonds. The fourth-order valence-corrected chi connectivity index (χ4v) is 1.57. The Labute approximate surface area is 94.6 Å². The number of nitrogens with one attached hydrogen (secondary N) is 1. The van der Waals surface area contributed by atoms with E-state index in [2.05, 4.69) is 10.5 Å². The van der Waals surface area contributed by atoms with Gasteiger partial charge in [-0.15, -0.1) is 0 Å². The van der Waals surface area contributed by atoms with Gasteiger partial charge < -0.3 is 16.3 Å². The van der Waals surface area contributed by atoms with Crippen molar-refractivity contribution in [2.45, 2.75) is 25.8 Å². The zero-order chi connectivity index (χ0) is 13.0. The monoisotopic (exact) mass is 251 g/mol. The standard InChI is InChI=1S/C8H17N3O4S/c1-4-8(2,7(9)11-13)10-6(12)5-16(3,14)15/h13H,4-5H2,1-3H3,(H2,9,11)(H,10,12). The maximum Gasteiger partial charge on any atom is 0.235 e. The first kappa shape index (κ1) is 14.7. The van der Waals surface area contributed by atoms with Crippen LogP contribution in [0, 0.1) is 0 Å². The van der Waals surface area contributed by atoms with E-state index in [-0.39, 0.29) is 5.84 Å². The highest BCUT2D eigenvalue weighted by atomic mass is 32.2. The lowest BCUT2D eigenvalue weighted by Gasteiger charge is -2.27. The van der Waals surface area contributed by atoms with E-state index in [0.29, 0.717) is 6.42 Å². The molecule has 0 radical (unpaired) electrons. The fourth-order valence-electron chi connectivity index (χ4n) is 1.03. The lowest BCUT2D eigenvalue weighted by atomic mass is 9.97. The zero-order valence-corrected chi connectivity index (χ0v) is 10.3. The summed E-state index contributed by atoms with van der Waals surface area (Å²) in [5, 5.41) is 13.8. The van der Waals surface area contributed by atoms with Crippen LogP contribution in [0.5, 0.6) is 0 Å². The molecule has 0 saturated carbocycles. The second kappa shape index (κ2) is 5.15. The van der Waals surface area contributed by atoms with Crippen molar-refractivity contribution in [3.05, 3.63) is 0 Å². The second-order valence-corrected chi connectivity index (χ2v) is 5.93. The highest BCUT2D eigenvalue weighted by Crippen LogP contribution is 2.09. The van der Waals surface area contributed by atoms with Gasteiger partial charge in [-0.25, -0.2) is 8.42 Å². The molecule has 0 fully saturated rings. The summed E-state index contributed by atoms with van der Waals surface area (Å²) in [6, 6.07) is 0. The third-order valence-electron chi connectivity index (χ3n) is 2.19. The Morgan fingerprint density at radius 2 is 2.06 bits per heavy atom. The SMILES string of the molecule is CCC(C)(NC(=O)CS(C)(=O)=O)C(N)=NO. The molecule has 1 unspecified atom stereocenters. The Hall–Kier alpha value is -1.31. The third-order valence-corrected chi connectivity index (χ3v) is 2.98. The van der Waals surface area contributed by atoms with Gasteiger partial charge in [0.2, 0.25) is 5.91 Å². The summed E-state index contributed by atoms with van der Waals surface area (Å²) in [5.74, 6) is -1.48. The highest BCUT2D eigenvalue weighted by Gasteiger charge is 2.30. The first-order chi connectivity index (χ1) is 7.14. The van der Waals surface area contributed by atoms with Gasteiger partial charge in [-0.05, 0) is 13.3 Å².